The Kier molecular flexibility index (Phi) is 18.1. The van der Waals surface area contributed by atoms with Crippen LogP contribution in [0, 0.1) is 59.7 Å². The van der Waals surface area contributed by atoms with Gasteiger partial charge in [-0.3, -0.25) is 0 Å². The predicted molar refractivity (Wildman–Crippen MR) is 127 cm³/mol. The van der Waals surface area contributed by atoms with Crippen molar-refractivity contribution in [2.45, 2.75) is 115 Å². The van der Waals surface area contributed by atoms with Crippen molar-refractivity contribution in [3.8, 4) is 0 Å². The zero-order chi connectivity index (χ0) is 22.4. The maximum atomic E-state index is 6.16. The van der Waals surface area contributed by atoms with E-state index in [-0.39, 0.29) is 39.6 Å². The average Bonchev–Trinajstić information content (AvgIpc) is 2.53. The van der Waals surface area contributed by atoms with Crippen molar-refractivity contribution in [2.24, 2.45) is 46.3 Å². The van der Waals surface area contributed by atoms with Gasteiger partial charge < -0.3 is 18.1 Å². The summed E-state index contributed by atoms with van der Waals surface area (Å²) in [5, 5.41) is 0. The molecular formula is C27H54OVW-2. The van der Waals surface area contributed by atoms with Crippen molar-refractivity contribution in [1.29, 1.82) is 0 Å². The molecule has 1 aliphatic rings. The van der Waals surface area contributed by atoms with E-state index in [0.717, 1.165) is 5.92 Å². The molecule has 1 nitrogen and oxygen atoms in total. The minimum absolute atomic E-state index is 0. The number of ether oxygens (including phenoxy) is 1. The Hall–Kier alpha value is 1.23. The van der Waals surface area contributed by atoms with Crippen molar-refractivity contribution >= 4 is 0 Å². The largest absolute Gasteiger partial charge is 0.375 e. The van der Waals surface area contributed by atoms with Gasteiger partial charge in [0.25, 0.3) is 0 Å². The van der Waals surface area contributed by atoms with Crippen molar-refractivity contribution in [3.05, 3.63) is 13.3 Å². The third kappa shape index (κ3) is 14.4. The molecule has 1 rings (SSSR count). The molecule has 30 heavy (non-hydrogen) atoms. The van der Waals surface area contributed by atoms with E-state index in [1.807, 2.05) is 0 Å². The Balaban J connectivity index is -0.000000461. The van der Waals surface area contributed by atoms with Gasteiger partial charge in [0, 0.05) is 39.6 Å². The van der Waals surface area contributed by atoms with Crippen LogP contribution >= 0.6 is 0 Å². The molecule has 0 aromatic heterocycles. The van der Waals surface area contributed by atoms with Gasteiger partial charge in [-0.2, -0.15) is 18.3 Å². The molecule has 1 aliphatic heterocycles. The van der Waals surface area contributed by atoms with Gasteiger partial charge in [0.15, 0.2) is 0 Å². The molecule has 0 saturated carbocycles. The van der Waals surface area contributed by atoms with Gasteiger partial charge in [-0.25, -0.2) is 0 Å². The first-order chi connectivity index (χ1) is 12.5. The molecule has 0 spiro atoms. The number of hydrogen-bond acceptors (Lipinski definition) is 1. The minimum atomic E-state index is 0. The van der Waals surface area contributed by atoms with E-state index in [1.165, 1.54) is 12.8 Å². The van der Waals surface area contributed by atoms with Gasteiger partial charge in [-0.1, -0.05) is 94.4 Å². The van der Waals surface area contributed by atoms with E-state index in [0.29, 0.717) is 52.6 Å². The molecule has 1 heterocycles. The standard InChI is InChI=1S/C14H28O.C13H26.V.W/c1-9-10(2)12(4)15-13(11(9)3)8-14(5,6)7;1-10(2)12(4)11(3)8-9-13(5,6)7;;/h9-13H,8H2,1-7H3;8,10-12H,1,9H2,2-7H3;;/q;-2;;/t9-,10?,11+,12-,13?;10?,11-,12-;;/m11../s1. The molecule has 0 aromatic rings. The molecule has 181 valence electrons. The molecule has 0 aromatic carbocycles. The Labute approximate surface area is 218 Å². The fraction of sp³-hybridized carbons (Fsp3) is 0.926. The maximum absolute atomic E-state index is 6.16. The summed E-state index contributed by atoms with van der Waals surface area (Å²) in [6.45, 7) is 33.9. The Morgan fingerprint density at radius 1 is 0.833 bits per heavy atom. The zero-order valence-corrected chi connectivity index (χ0v) is 26.9. The second kappa shape index (κ2) is 15.2. The van der Waals surface area contributed by atoms with Crippen molar-refractivity contribution < 1.29 is 44.4 Å². The van der Waals surface area contributed by atoms with E-state index in [1.54, 1.807) is 0 Å². The van der Waals surface area contributed by atoms with Gasteiger partial charge in [-0.15, -0.1) is 0 Å². The van der Waals surface area contributed by atoms with Crippen LogP contribution in [0.2, 0.25) is 0 Å². The minimum Gasteiger partial charge on any atom is -0.375 e. The van der Waals surface area contributed by atoms with E-state index in [2.05, 4.69) is 103 Å². The summed E-state index contributed by atoms with van der Waals surface area (Å²) >= 11 is 0. The topological polar surface area (TPSA) is 9.23 Å². The van der Waals surface area contributed by atoms with Crippen molar-refractivity contribution in [2.75, 3.05) is 0 Å². The summed E-state index contributed by atoms with van der Waals surface area (Å²) < 4.78 is 6.16. The molecule has 0 bridgehead atoms. The third-order valence-corrected chi connectivity index (χ3v) is 7.02. The first kappa shape index (κ1) is 35.8. The van der Waals surface area contributed by atoms with Crippen LogP contribution in [0.3, 0.4) is 0 Å². The molecular weight excluding hydrogens is 575 g/mol. The van der Waals surface area contributed by atoms with Crippen LogP contribution in [0.5, 0.6) is 0 Å². The van der Waals surface area contributed by atoms with Crippen LogP contribution < -0.4 is 0 Å². The second-order valence-electron chi connectivity index (χ2n) is 12.4. The molecule has 1 saturated heterocycles. The summed E-state index contributed by atoms with van der Waals surface area (Å²) in [7, 11) is 0. The van der Waals surface area contributed by atoms with Crippen LogP contribution in [-0.2, 0) is 44.4 Å². The van der Waals surface area contributed by atoms with Gasteiger partial charge >= 0.3 is 0 Å². The summed E-state index contributed by atoms with van der Waals surface area (Å²) in [6.07, 6.45) is 5.70. The SMILES string of the molecule is CC1[C@@H](C)[C@H](C)C(CC(C)(C)C)O[C@@H]1C.[CH2-]C(C)[C@@H](C)[C@H](C)[CH-]CC(C)(C)C.[V].[W]. The Morgan fingerprint density at radius 2 is 1.30 bits per heavy atom. The Bertz CT molecular complexity index is 424. The van der Waals surface area contributed by atoms with Crippen LogP contribution in [-0.4, -0.2) is 12.2 Å². The summed E-state index contributed by atoms with van der Waals surface area (Å²) in [5.41, 5.74) is 0.803. The van der Waals surface area contributed by atoms with Crippen LogP contribution in [0.4, 0.5) is 0 Å². The van der Waals surface area contributed by atoms with E-state index >= 15 is 0 Å². The van der Waals surface area contributed by atoms with Gasteiger partial charge in [0.1, 0.15) is 0 Å². The molecule has 8 atom stereocenters. The van der Waals surface area contributed by atoms with Gasteiger partial charge in [0.2, 0.25) is 0 Å². The molecule has 3 unspecified atom stereocenters. The molecule has 1 fully saturated rings. The summed E-state index contributed by atoms with van der Waals surface area (Å²) in [5.74, 6) is 4.09. The molecule has 3 heteroatoms. The summed E-state index contributed by atoms with van der Waals surface area (Å²) in [6, 6.07) is 0. The predicted octanol–water partition coefficient (Wildman–Crippen LogP) is 8.48. The number of hydrogen-bond donors (Lipinski definition) is 0. The van der Waals surface area contributed by atoms with Crippen molar-refractivity contribution in [3.63, 3.8) is 0 Å². The Morgan fingerprint density at radius 3 is 1.67 bits per heavy atom. The molecule has 0 N–H and O–H groups in total. The quantitative estimate of drug-likeness (QED) is 0.277. The van der Waals surface area contributed by atoms with Crippen LogP contribution in [0.15, 0.2) is 0 Å². The van der Waals surface area contributed by atoms with Crippen LogP contribution in [0.25, 0.3) is 0 Å². The monoisotopic (exact) mass is 629 g/mol. The molecule has 1 radical (unpaired) electrons. The smallest absolute Gasteiger partial charge is 0.0612 e. The van der Waals surface area contributed by atoms with Gasteiger partial charge in [0.05, 0.1) is 12.2 Å². The average molecular weight is 630 g/mol. The molecule has 0 amide bonds. The number of rotatable bonds is 5. The maximum Gasteiger partial charge on any atom is 0.0612 e. The van der Waals surface area contributed by atoms with E-state index < -0.39 is 0 Å². The van der Waals surface area contributed by atoms with E-state index in [4.69, 9.17) is 4.74 Å². The van der Waals surface area contributed by atoms with E-state index in [9.17, 15) is 0 Å². The fourth-order valence-corrected chi connectivity index (χ4v) is 3.88. The first-order valence-corrected chi connectivity index (χ1v) is 11.8. The normalized spacial score (nSPS) is 30.0. The zero-order valence-electron chi connectivity index (χ0n) is 22.6. The fourth-order valence-electron chi connectivity index (χ4n) is 3.88. The second-order valence-corrected chi connectivity index (χ2v) is 12.4. The van der Waals surface area contributed by atoms with Crippen LogP contribution in [0.1, 0.15) is 103 Å². The van der Waals surface area contributed by atoms with Gasteiger partial charge in [-0.05, 0) is 36.5 Å². The summed E-state index contributed by atoms with van der Waals surface area (Å²) in [4.78, 5) is 0. The molecule has 0 aliphatic carbocycles. The third-order valence-electron chi connectivity index (χ3n) is 7.02. The van der Waals surface area contributed by atoms with Crippen molar-refractivity contribution in [1.82, 2.24) is 0 Å². The first-order valence-electron chi connectivity index (χ1n) is 11.8.